The second-order valence-electron chi connectivity index (χ2n) is 8.33. The SMILES string of the molecule is CCN(CC)C(=O)c1ccccc1NC(=O)CN(c1cc(Cl)ccc1C)S(=O)(=O)c1ccc(C)cc1. The summed E-state index contributed by atoms with van der Waals surface area (Å²) in [6.45, 7) is 7.90. The number of hydrogen-bond acceptors (Lipinski definition) is 4. The van der Waals surface area contributed by atoms with Crippen LogP contribution in [0.15, 0.2) is 71.6 Å². The van der Waals surface area contributed by atoms with Gasteiger partial charge in [0, 0.05) is 18.1 Å². The van der Waals surface area contributed by atoms with E-state index in [1.54, 1.807) is 60.4 Å². The maximum Gasteiger partial charge on any atom is 0.264 e. The van der Waals surface area contributed by atoms with E-state index in [1.165, 1.54) is 18.2 Å². The lowest BCUT2D eigenvalue weighted by molar-refractivity contribution is -0.114. The number of carbonyl (C=O) groups excluding carboxylic acids is 2. The lowest BCUT2D eigenvalue weighted by Crippen LogP contribution is -2.39. The van der Waals surface area contributed by atoms with Crippen molar-refractivity contribution >= 4 is 44.8 Å². The standard InChI is InChI=1S/C27H30ClN3O4S/c1-5-30(6-2)27(33)23-9-7-8-10-24(23)29-26(32)18-31(25-17-21(28)14-13-20(25)4)36(34,35)22-15-11-19(3)12-16-22/h7-17H,5-6,18H2,1-4H3,(H,29,32). The number of sulfonamides is 1. The summed E-state index contributed by atoms with van der Waals surface area (Å²) in [5.74, 6) is -0.810. The molecule has 1 N–H and O–H groups in total. The van der Waals surface area contributed by atoms with Gasteiger partial charge in [-0.15, -0.1) is 0 Å². The van der Waals surface area contributed by atoms with Crippen LogP contribution in [0.4, 0.5) is 11.4 Å². The molecule has 0 atom stereocenters. The van der Waals surface area contributed by atoms with Gasteiger partial charge in [-0.25, -0.2) is 8.42 Å². The second kappa shape index (κ2) is 11.6. The van der Waals surface area contributed by atoms with Gasteiger partial charge in [0.25, 0.3) is 15.9 Å². The number of hydrogen-bond donors (Lipinski definition) is 1. The number of nitrogens with zero attached hydrogens (tertiary/aromatic N) is 2. The van der Waals surface area contributed by atoms with Gasteiger partial charge in [-0.2, -0.15) is 0 Å². The van der Waals surface area contributed by atoms with Gasteiger partial charge in [-0.1, -0.05) is 47.5 Å². The molecule has 0 fully saturated rings. The third-order valence-corrected chi connectivity index (χ3v) is 7.83. The van der Waals surface area contributed by atoms with E-state index < -0.39 is 22.5 Å². The summed E-state index contributed by atoms with van der Waals surface area (Å²) in [5, 5.41) is 3.08. The van der Waals surface area contributed by atoms with Crippen molar-refractivity contribution in [1.82, 2.24) is 4.90 Å². The number of anilines is 2. The van der Waals surface area contributed by atoms with Crippen LogP contribution in [0.5, 0.6) is 0 Å². The minimum Gasteiger partial charge on any atom is -0.339 e. The number of benzene rings is 3. The Labute approximate surface area is 217 Å². The number of carbonyl (C=O) groups is 2. The smallest absolute Gasteiger partial charge is 0.264 e. The molecule has 7 nitrogen and oxygen atoms in total. The molecule has 0 saturated heterocycles. The van der Waals surface area contributed by atoms with Gasteiger partial charge in [-0.3, -0.25) is 13.9 Å². The zero-order valence-corrected chi connectivity index (χ0v) is 22.4. The first-order chi connectivity index (χ1) is 17.1. The number of amides is 2. The molecule has 0 saturated carbocycles. The summed E-state index contributed by atoms with van der Waals surface area (Å²) >= 11 is 6.19. The molecule has 9 heteroatoms. The highest BCUT2D eigenvalue weighted by Crippen LogP contribution is 2.30. The number of para-hydroxylation sites is 1. The highest BCUT2D eigenvalue weighted by atomic mass is 35.5. The van der Waals surface area contributed by atoms with E-state index in [-0.39, 0.29) is 10.8 Å². The van der Waals surface area contributed by atoms with Gasteiger partial charge < -0.3 is 10.2 Å². The average molecular weight is 528 g/mol. The molecule has 0 bridgehead atoms. The van der Waals surface area contributed by atoms with Crippen molar-refractivity contribution in [1.29, 1.82) is 0 Å². The molecule has 0 aliphatic heterocycles. The van der Waals surface area contributed by atoms with Crippen LogP contribution in [0.25, 0.3) is 0 Å². The Bertz CT molecular complexity index is 1350. The van der Waals surface area contributed by atoms with E-state index in [0.29, 0.717) is 40.6 Å². The zero-order valence-electron chi connectivity index (χ0n) is 20.8. The molecule has 3 aromatic carbocycles. The van der Waals surface area contributed by atoms with Gasteiger partial charge >= 0.3 is 0 Å². The van der Waals surface area contributed by atoms with Gasteiger partial charge in [0.1, 0.15) is 6.54 Å². The van der Waals surface area contributed by atoms with Crippen molar-refractivity contribution in [2.45, 2.75) is 32.6 Å². The molecule has 3 rings (SSSR count). The number of nitrogens with one attached hydrogen (secondary N) is 1. The van der Waals surface area contributed by atoms with E-state index in [4.69, 9.17) is 11.6 Å². The summed E-state index contributed by atoms with van der Waals surface area (Å²) in [5.41, 5.74) is 2.49. The Morgan fingerprint density at radius 3 is 2.19 bits per heavy atom. The van der Waals surface area contributed by atoms with Gasteiger partial charge in [-0.05, 0) is 69.7 Å². The van der Waals surface area contributed by atoms with Gasteiger partial charge in [0.2, 0.25) is 5.91 Å². The minimum absolute atomic E-state index is 0.0531. The Balaban J connectivity index is 1.99. The van der Waals surface area contributed by atoms with Crippen molar-refractivity contribution in [2.75, 3.05) is 29.3 Å². The van der Waals surface area contributed by atoms with Crippen LogP contribution in [0.3, 0.4) is 0 Å². The minimum atomic E-state index is -4.11. The summed E-state index contributed by atoms with van der Waals surface area (Å²) in [6, 6.07) is 18.0. The summed E-state index contributed by atoms with van der Waals surface area (Å²) < 4.78 is 28.4. The highest BCUT2D eigenvalue weighted by Gasteiger charge is 2.29. The molecule has 0 aliphatic rings. The Kier molecular flexibility index (Phi) is 8.76. The monoisotopic (exact) mass is 527 g/mol. The fraction of sp³-hybridized carbons (Fsp3) is 0.259. The normalized spacial score (nSPS) is 11.1. The third-order valence-electron chi connectivity index (χ3n) is 5.82. The van der Waals surface area contributed by atoms with Crippen LogP contribution in [0.2, 0.25) is 5.02 Å². The second-order valence-corrected chi connectivity index (χ2v) is 10.6. The number of halogens is 1. The van der Waals surface area contributed by atoms with E-state index in [2.05, 4.69) is 5.32 Å². The van der Waals surface area contributed by atoms with E-state index in [0.717, 1.165) is 9.87 Å². The first-order valence-electron chi connectivity index (χ1n) is 11.6. The van der Waals surface area contributed by atoms with Crippen LogP contribution >= 0.6 is 11.6 Å². The highest BCUT2D eigenvalue weighted by molar-refractivity contribution is 7.92. The van der Waals surface area contributed by atoms with Crippen molar-refractivity contribution < 1.29 is 18.0 Å². The fourth-order valence-electron chi connectivity index (χ4n) is 3.77. The van der Waals surface area contributed by atoms with Crippen LogP contribution in [0, 0.1) is 13.8 Å². The molecule has 3 aromatic rings. The Hall–Kier alpha value is -3.36. The largest absolute Gasteiger partial charge is 0.339 e. The van der Waals surface area contributed by atoms with Gasteiger partial charge in [0.05, 0.1) is 21.8 Å². The Morgan fingerprint density at radius 2 is 1.56 bits per heavy atom. The lowest BCUT2D eigenvalue weighted by atomic mass is 10.1. The molecular formula is C27H30ClN3O4S. The molecule has 0 unspecified atom stereocenters. The van der Waals surface area contributed by atoms with E-state index >= 15 is 0 Å². The average Bonchev–Trinajstić information content (AvgIpc) is 2.85. The lowest BCUT2D eigenvalue weighted by Gasteiger charge is -2.26. The molecule has 190 valence electrons. The zero-order chi connectivity index (χ0) is 26.5. The third kappa shape index (κ3) is 6.06. The summed E-state index contributed by atoms with van der Waals surface area (Å²) in [4.78, 5) is 27.9. The predicted octanol–water partition coefficient (Wildman–Crippen LogP) is 5.27. The van der Waals surface area contributed by atoms with Crippen molar-refractivity contribution in [2.24, 2.45) is 0 Å². The van der Waals surface area contributed by atoms with Crippen LogP contribution in [0.1, 0.15) is 35.3 Å². The van der Waals surface area contributed by atoms with Crippen molar-refractivity contribution in [3.05, 3.63) is 88.4 Å². The Morgan fingerprint density at radius 1 is 0.917 bits per heavy atom. The number of aryl methyl sites for hydroxylation is 2. The number of rotatable bonds is 9. The molecule has 0 aromatic heterocycles. The molecule has 2 amide bonds. The first-order valence-corrected chi connectivity index (χ1v) is 13.4. The molecule has 0 aliphatic carbocycles. The molecule has 0 radical (unpaired) electrons. The van der Waals surface area contributed by atoms with Gasteiger partial charge in [0.15, 0.2) is 0 Å². The first kappa shape index (κ1) is 27.2. The maximum absolute atomic E-state index is 13.7. The van der Waals surface area contributed by atoms with Crippen molar-refractivity contribution in [3.8, 4) is 0 Å². The molecule has 0 heterocycles. The molecule has 36 heavy (non-hydrogen) atoms. The van der Waals surface area contributed by atoms with Crippen LogP contribution < -0.4 is 9.62 Å². The van der Waals surface area contributed by atoms with Crippen LogP contribution in [-0.4, -0.2) is 44.8 Å². The van der Waals surface area contributed by atoms with Crippen LogP contribution in [-0.2, 0) is 14.8 Å². The molecule has 0 spiro atoms. The predicted molar refractivity (Wildman–Crippen MR) is 144 cm³/mol. The maximum atomic E-state index is 13.7. The van der Waals surface area contributed by atoms with Crippen molar-refractivity contribution in [3.63, 3.8) is 0 Å². The summed E-state index contributed by atoms with van der Waals surface area (Å²) in [7, 11) is -4.11. The quantitative estimate of drug-likeness (QED) is 0.410. The molecular weight excluding hydrogens is 498 g/mol. The summed E-state index contributed by atoms with van der Waals surface area (Å²) in [6.07, 6.45) is 0. The van der Waals surface area contributed by atoms with E-state index in [1.807, 2.05) is 20.8 Å². The fourth-order valence-corrected chi connectivity index (χ4v) is 5.41. The topological polar surface area (TPSA) is 86.8 Å². The van der Waals surface area contributed by atoms with E-state index in [9.17, 15) is 18.0 Å².